The lowest BCUT2D eigenvalue weighted by Crippen LogP contribution is -2.27. The van der Waals surface area contributed by atoms with Gasteiger partial charge in [-0.25, -0.2) is 0 Å². The topological polar surface area (TPSA) is 47.6 Å². The number of fused-ring (bicyclic) bond motifs is 1. The third-order valence-corrected chi connectivity index (χ3v) is 5.23. The van der Waals surface area contributed by atoms with Gasteiger partial charge in [0.2, 0.25) is 0 Å². The van der Waals surface area contributed by atoms with Crippen molar-refractivity contribution in [3.63, 3.8) is 0 Å². The van der Waals surface area contributed by atoms with Crippen LogP contribution >= 0.6 is 22.6 Å². The molecule has 0 saturated heterocycles. The van der Waals surface area contributed by atoms with Gasteiger partial charge in [0, 0.05) is 3.57 Å². The highest BCUT2D eigenvalue weighted by Crippen LogP contribution is 2.31. The van der Waals surface area contributed by atoms with Gasteiger partial charge in [0.25, 0.3) is 5.91 Å². The Balaban J connectivity index is 1.84. The minimum absolute atomic E-state index is 0.115. The fraction of sp³-hybridized carbons (Fsp3) is 0.190. The van der Waals surface area contributed by atoms with Crippen molar-refractivity contribution in [2.45, 2.75) is 13.0 Å². The highest BCUT2D eigenvalue weighted by atomic mass is 127. The van der Waals surface area contributed by atoms with Gasteiger partial charge in [0.1, 0.15) is 0 Å². The Morgan fingerprint density at radius 2 is 1.62 bits per heavy atom. The monoisotopic (exact) mass is 461 g/mol. The molecule has 0 aliphatic heterocycles. The molecule has 3 aromatic carbocycles. The number of amides is 1. The maximum Gasteiger partial charge on any atom is 0.252 e. The van der Waals surface area contributed by atoms with E-state index in [0.29, 0.717) is 17.1 Å². The zero-order valence-electron chi connectivity index (χ0n) is 14.9. The quantitative estimate of drug-likeness (QED) is 0.547. The number of benzene rings is 3. The number of halogens is 1. The molecule has 1 amide bonds. The number of carbonyl (C=O) groups excluding carboxylic acids is 1. The molecule has 0 aliphatic carbocycles. The summed E-state index contributed by atoms with van der Waals surface area (Å²) < 4.78 is 11.4. The van der Waals surface area contributed by atoms with Crippen LogP contribution in [0.25, 0.3) is 10.8 Å². The van der Waals surface area contributed by atoms with E-state index >= 15 is 0 Å². The van der Waals surface area contributed by atoms with E-state index in [1.54, 1.807) is 26.4 Å². The van der Waals surface area contributed by atoms with Crippen LogP contribution in [-0.2, 0) is 0 Å². The minimum atomic E-state index is -0.143. The molecule has 0 bridgehead atoms. The van der Waals surface area contributed by atoms with Gasteiger partial charge in [0.05, 0.1) is 25.8 Å². The number of hydrogen-bond acceptors (Lipinski definition) is 3. The first-order valence-electron chi connectivity index (χ1n) is 8.24. The molecule has 0 saturated carbocycles. The first-order valence-corrected chi connectivity index (χ1v) is 9.32. The third kappa shape index (κ3) is 3.77. The smallest absolute Gasteiger partial charge is 0.252 e. The summed E-state index contributed by atoms with van der Waals surface area (Å²) in [5.41, 5.74) is 1.63. The molecule has 1 N–H and O–H groups in total. The first-order chi connectivity index (χ1) is 12.5. The molecule has 134 valence electrons. The van der Waals surface area contributed by atoms with Crippen molar-refractivity contribution in [3.05, 3.63) is 69.3 Å². The second-order valence-electron chi connectivity index (χ2n) is 5.99. The Morgan fingerprint density at radius 1 is 0.962 bits per heavy atom. The van der Waals surface area contributed by atoms with Gasteiger partial charge in [-0.1, -0.05) is 36.4 Å². The normalized spacial score (nSPS) is 11.8. The number of ether oxygens (including phenoxy) is 2. The van der Waals surface area contributed by atoms with Gasteiger partial charge in [0.15, 0.2) is 11.5 Å². The van der Waals surface area contributed by atoms with Crippen molar-refractivity contribution in [3.8, 4) is 11.5 Å². The Bertz CT molecular complexity index is 955. The second kappa shape index (κ2) is 7.95. The molecule has 1 atom stereocenters. The molecule has 0 spiro atoms. The van der Waals surface area contributed by atoms with Crippen LogP contribution in [0.15, 0.2) is 54.6 Å². The molecule has 1 unspecified atom stereocenters. The Kier molecular flexibility index (Phi) is 5.66. The Labute approximate surface area is 166 Å². The van der Waals surface area contributed by atoms with Crippen LogP contribution in [0.3, 0.4) is 0 Å². The number of methoxy groups -OCH3 is 2. The fourth-order valence-corrected chi connectivity index (χ4v) is 3.55. The van der Waals surface area contributed by atoms with Gasteiger partial charge < -0.3 is 14.8 Å². The summed E-state index contributed by atoms with van der Waals surface area (Å²) in [5, 5.41) is 5.41. The lowest BCUT2D eigenvalue weighted by molar-refractivity contribution is 0.0938. The number of hydrogen-bond donors (Lipinski definition) is 1. The van der Waals surface area contributed by atoms with Crippen molar-refractivity contribution in [1.82, 2.24) is 5.32 Å². The van der Waals surface area contributed by atoms with Gasteiger partial charge >= 0.3 is 0 Å². The lowest BCUT2D eigenvalue weighted by atomic mass is 10.0. The molecule has 0 aromatic heterocycles. The average molecular weight is 461 g/mol. The van der Waals surface area contributed by atoms with Crippen LogP contribution in [-0.4, -0.2) is 20.1 Å². The molecule has 3 rings (SSSR count). The van der Waals surface area contributed by atoms with E-state index in [2.05, 4.69) is 52.2 Å². The molecule has 5 heteroatoms. The van der Waals surface area contributed by atoms with E-state index in [9.17, 15) is 4.79 Å². The highest BCUT2D eigenvalue weighted by Gasteiger charge is 2.18. The lowest BCUT2D eigenvalue weighted by Gasteiger charge is -2.17. The molecule has 0 aliphatic rings. The van der Waals surface area contributed by atoms with Crippen molar-refractivity contribution < 1.29 is 14.3 Å². The molecule has 26 heavy (non-hydrogen) atoms. The van der Waals surface area contributed by atoms with Crippen molar-refractivity contribution in [2.75, 3.05) is 14.2 Å². The van der Waals surface area contributed by atoms with Gasteiger partial charge in [-0.15, -0.1) is 0 Å². The molecule has 3 aromatic rings. The number of rotatable bonds is 5. The van der Waals surface area contributed by atoms with E-state index in [0.717, 1.165) is 14.5 Å². The van der Waals surface area contributed by atoms with Crippen LogP contribution in [0.2, 0.25) is 0 Å². The first kappa shape index (κ1) is 18.5. The number of nitrogens with one attached hydrogen (secondary N) is 1. The predicted molar refractivity (Wildman–Crippen MR) is 112 cm³/mol. The van der Waals surface area contributed by atoms with E-state index in [1.165, 1.54) is 5.39 Å². The number of carbonyl (C=O) groups is 1. The standard InChI is InChI=1S/C21H20INO3/c1-13(15-9-8-14-6-4-5-7-16(14)10-15)23-21(24)17-11-19(25-2)20(26-3)12-18(17)22/h4-13H,1-3H3,(H,23,24). The maximum absolute atomic E-state index is 12.8. The van der Waals surface area contributed by atoms with E-state index in [4.69, 9.17) is 9.47 Å². The van der Waals surface area contributed by atoms with Crippen LogP contribution in [0, 0.1) is 3.57 Å². The summed E-state index contributed by atoms with van der Waals surface area (Å²) in [5.74, 6) is 1.00. The molecule has 0 radical (unpaired) electrons. The Hall–Kier alpha value is -2.28. The average Bonchev–Trinajstić information content (AvgIpc) is 2.67. The van der Waals surface area contributed by atoms with Crippen molar-refractivity contribution in [1.29, 1.82) is 0 Å². The summed E-state index contributed by atoms with van der Waals surface area (Å²) >= 11 is 2.13. The van der Waals surface area contributed by atoms with E-state index < -0.39 is 0 Å². The highest BCUT2D eigenvalue weighted by molar-refractivity contribution is 14.1. The van der Waals surface area contributed by atoms with Crippen LogP contribution in [0.5, 0.6) is 11.5 Å². The molecule has 4 nitrogen and oxygen atoms in total. The summed E-state index contributed by atoms with van der Waals surface area (Å²) in [6.45, 7) is 1.98. The zero-order chi connectivity index (χ0) is 18.7. The van der Waals surface area contributed by atoms with Crippen LogP contribution in [0.4, 0.5) is 0 Å². The van der Waals surface area contributed by atoms with Gasteiger partial charge in [-0.3, -0.25) is 4.79 Å². The zero-order valence-corrected chi connectivity index (χ0v) is 17.0. The summed E-state index contributed by atoms with van der Waals surface area (Å²) in [7, 11) is 3.14. The molecular formula is C21H20INO3. The van der Waals surface area contributed by atoms with E-state index in [1.807, 2.05) is 25.1 Å². The predicted octanol–water partition coefficient (Wildman–Crippen LogP) is 4.95. The van der Waals surface area contributed by atoms with Crippen molar-refractivity contribution >= 4 is 39.3 Å². The molecule has 0 heterocycles. The van der Waals surface area contributed by atoms with Crippen LogP contribution < -0.4 is 14.8 Å². The maximum atomic E-state index is 12.8. The summed E-state index contributed by atoms with van der Waals surface area (Å²) in [4.78, 5) is 12.8. The van der Waals surface area contributed by atoms with E-state index in [-0.39, 0.29) is 11.9 Å². The van der Waals surface area contributed by atoms with Crippen LogP contribution in [0.1, 0.15) is 28.9 Å². The minimum Gasteiger partial charge on any atom is -0.493 e. The molecule has 0 fully saturated rings. The van der Waals surface area contributed by atoms with Gasteiger partial charge in [-0.2, -0.15) is 0 Å². The Morgan fingerprint density at radius 3 is 2.31 bits per heavy atom. The SMILES string of the molecule is COc1cc(I)c(C(=O)NC(C)c2ccc3ccccc3c2)cc1OC. The summed E-state index contributed by atoms with van der Waals surface area (Å²) in [6, 6.07) is 17.8. The van der Waals surface area contributed by atoms with Crippen molar-refractivity contribution in [2.24, 2.45) is 0 Å². The summed E-state index contributed by atoms with van der Waals surface area (Å²) in [6.07, 6.45) is 0. The fourth-order valence-electron chi connectivity index (χ4n) is 2.86. The second-order valence-corrected chi connectivity index (χ2v) is 7.15. The largest absolute Gasteiger partial charge is 0.493 e. The van der Waals surface area contributed by atoms with Gasteiger partial charge in [-0.05, 0) is 64.0 Å². The molecular weight excluding hydrogens is 441 g/mol. The third-order valence-electron chi connectivity index (χ3n) is 4.34.